The summed E-state index contributed by atoms with van der Waals surface area (Å²) in [4.78, 5) is 20.3. The molecule has 1 amide bonds. The topological polar surface area (TPSA) is 57.3 Å². The van der Waals surface area contributed by atoms with Crippen molar-refractivity contribution in [3.63, 3.8) is 0 Å². The molecule has 1 fully saturated rings. The summed E-state index contributed by atoms with van der Waals surface area (Å²) in [5.74, 6) is 1.08. The van der Waals surface area contributed by atoms with Crippen molar-refractivity contribution in [2.45, 2.75) is 12.8 Å². The molecule has 24 heavy (non-hydrogen) atoms. The number of hydrogen-bond donors (Lipinski definition) is 2. The average Bonchev–Trinajstić information content (AvgIpc) is 3.22. The van der Waals surface area contributed by atoms with Gasteiger partial charge in [-0.2, -0.15) is 0 Å². The van der Waals surface area contributed by atoms with Gasteiger partial charge in [0, 0.05) is 41.7 Å². The summed E-state index contributed by atoms with van der Waals surface area (Å²) in [5.41, 5.74) is 1.96. The van der Waals surface area contributed by atoms with Crippen LogP contribution in [0.2, 0.25) is 0 Å². The number of nitrogens with zero attached hydrogens (tertiary/aromatic N) is 2. The smallest absolute Gasteiger partial charge is 0.263 e. The molecule has 122 valence electrons. The first kappa shape index (κ1) is 14.0. The molecule has 2 N–H and O–H groups in total. The van der Waals surface area contributed by atoms with E-state index in [2.05, 4.69) is 39.8 Å². The molecule has 2 aliphatic heterocycles. The number of rotatable bonds is 1. The Kier molecular flexibility index (Phi) is 3.13. The lowest BCUT2D eigenvalue weighted by Gasteiger charge is -2.16. The largest absolute Gasteiger partial charge is 0.381 e. The first-order valence-corrected chi connectivity index (χ1v) is 9.26. The number of carbonyl (C=O) groups excluding carboxylic acids is 1. The van der Waals surface area contributed by atoms with Gasteiger partial charge in [-0.1, -0.05) is 0 Å². The van der Waals surface area contributed by atoms with Crippen LogP contribution in [0.15, 0.2) is 24.3 Å². The predicted octanol–water partition coefficient (Wildman–Crippen LogP) is 3.21. The van der Waals surface area contributed by atoms with Crippen LogP contribution in [-0.2, 0) is 0 Å². The van der Waals surface area contributed by atoms with Gasteiger partial charge in [0.2, 0.25) is 0 Å². The molecule has 2 aromatic heterocycles. The molecule has 2 aliphatic rings. The summed E-state index contributed by atoms with van der Waals surface area (Å²) < 4.78 is 1.13. The zero-order valence-electron chi connectivity index (χ0n) is 13.3. The van der Waals surface area contributed by atoms with Crippen molar-refractivity contribution in [3.05, 3.63) is 29.1 Å². The average molecular weight is 338 g/mol. The van der Waals surface area contributed by atoms with E-state index in [1.165, 1.54) is 12.8 Å². The van der Waals surface area contributed by atoms with Crippen molar-refractivity contribution in [1.82, 2.24) is 10.3 Å². The van der Waals surface area contributed by atoms with Crippen LogP contribution < -0.4 is 15.5 Å². The molecule has 3 aromatic rings. The standard InChI is InChI=1S/C18H18N4OS/c23-18-17-16(19-7-8-20-18)15-11-3-6-14(22-9-1-2-10-22)21-12(11)4-5-13(15)24-17/h3-6,19H,1-2,7-10H2,(H,20,23). The number of carbonyl (C=O) groups is 1. The van der Waals surface area contributed by atoms with Gasteiger partial charge in [0.1, 0.15) is 10.7 Å². The Hall–Kier alpha value is -2.34. The molecule has 0 bridgehead atoms. The van der Waals surface area contributed by atoms with Gasteiger partial charge in [-0.25, -0.2) is 4.98 Å². The maximum absolute atomic E-state index is 12.3. The van der Waals surface area contributed by atoms with Gasteiger partial charge in [-0.05, 0) is 37.1 Å². The molecule has 5 rings (SSSR count). The van der Waals surface area contributed by atoms with Crippen LogP contribution in [0.4, 0.5) is 11.5 Å². The van der Waals surface area contributed by atoms with Gasteiger partial charge in [0.25, 0.3) is 5.91 Å². The van der Waals surface area contributed by atoms with Gasteiger partial charge in [0.15, 0.2) is 0 Å². The van der Waals surface area contributed by atoms with Crippen LogP contribution >= 0.6 is 11.3 Å². The van der Waals surface area contributed by atoms with Crippen molar-refractivity contribution in [1.29, 1.82) is 0 Å². The third kappa shape index (κ3) is 2.06. The van der Waals surface area contributed by atoms with E-state index in [-0.39, 0.29) is 5.91 Å². The summed E-state index contributed by atoms with van der Waals surface area (Å²) >= 11 is 1.55. The van der Waals surface area contributed by atoms with Crippen LogP contribution in [0.25, 0.3) is 21.0 Å². The molecule has 0 aliphatic carbocycles. The van der Waals surface area contributed by atoms with Crippen molar-refractivity contribution in [2.75, 3.05) is 36.4 Å². The minimum absolute atomic E-state index is 0.0194. The Labute approximate surface area is 143 Å². The van der Waals surface area contributed by atoms with Crippen molar-refractivity contribution in [2.24, 2.45) is 0 Å². The third-order valence-corrected chi connectivity index (χ3v) is 6.01. The lowest BCUT2D eigenvalue weighted by atomic mass is 10.1. The second kappa shape index (κ2) is 5.34. The molecule has 1 saturated heterocycles. The van der Waals surface area contributed by atoms with E-state index in [0.29, 0.717) is 6.54 Å². The number of hydrogen-bond acceptors (Lipinski definition) is 5. The highest BCUT2D eigenvalue weighted by Crippen LogP contribution is 2.40. The van der Waals surface area contributed by atoms with Gasteiger partial charge in [-0.3, -0.25) is 4.79 Å². The molecule has 0 saturated carbocycles. The van der Waals surface area contributed by atoms with Gasteiger partial charge < -0.3 is 15.5 Å². The highest BCUT2D eigenvalue weighted by atomic mass is 32.1. The van der Waals surface area contributed by atoms with Crippen LogP contribution in [0.5, 0.6) is 0 Å². The zero-order chi connectivity index (χ0) is 16.1. The highest BCUT2D eigenvalue weighted by Gasteiger charge is 2.22. The minimum Gasteiger partial charge on any atom is -0.381 e. The number of benzene rings is 1. The summed E-state index contributed by atoms with van der Waals surface area (Å²) in [5, 5.41) is 8.62. The number of amides is 1. The van der Waals surface area contributed by atoms with E-state index >= 15 is 0 Å². The number of aromatic nitrogens is 1. The fourth-order valence-electron chi connectivity index (χ4n) is 3.69. The molecule has 6 heteroatoms. The Morgan fingerprint density at radius 2 is 1.88 bits per heavy atom. The normalized spacial score (nSPS) is 17.7. The summed E-state index contributed by atoms with van der Waals surface area (Å²) in [6.45, 7) is 3.59. The fourth-order valence-corrected chi connectivity index (χ4v) is 4.80. The van der Waals surface area contributed by atoms with Crippen LogP contribution in [0, 0.1) is 0 Å². The summed E-state index contributed by atoms with van der Waals surface area (Å²) in [6, 6.07) is 8.45. The Balaban J connectivity index is 1.73. The van der Waals surface area contributed by atoms with Crippen LogP contribution in [0.1, 0.15) is 22.5 Å². The van der Waals surface area contributed by atoms with E-state index in [9.17, 15) is 4.79 Å². The number of nitrogens with one attached hydrogen (secondary N) is 2. The van der Waals surface area contributed by atoms with Crippen molar-refractivity contribution in [3.8, 4) is 0 Å². The van der Waals surface area contributed by atoms with Gasteiger partial charge >= 0.3 is 0 Å². The Bertz CT molecular complexity index is 958. The zero-order valence-corrected chi connectivity index (χ0v) is 14.1. The van der Waals surface area contributed by atoms with E-state index in [4.69, 9.17) is 4.98 Å². The summed E-state index contributed by atoms with van der Waals surface area (Å²) in [6.07, 6.45) is 2.49. The number of fused-ring (bicyclic) bond motifs is 5. The molecule has 5 nitrogen and oxygen atoms in total. The molecule has 0 radical (unpaired) electrons. The lowest BCUT2D eigenvalue weighted by Crippen LogP contribution is -2.24. The molecular weight excluding hydrogens is 320 g/mol. The van der Waals surface area contributed by atoms with Crippen LogP contribution in [-0.4, -0.2) is 37.1 Å². The molecule has 0 unspecified atom stereocenters. The Morgan fingerprint density at radius 1 is 1.04 bits per heavy atom. The van der Waals surface area contributed by atoms with E-state index in [1.54, 1.807) is 11.3 Å². The van der Waals surface area contributed by atoms with Crippen molar-refractivity contribution >= 4 is 49.7 Å². The van der Waals surface area contributed by atoms with E-state index in [0.717, 1.165) is 57.0 Å². The first-order chi connectivity index (χ1) is 11.8. The molecule has 0 spiro atoms. The molecule has 1 aromatic carbocycles. The second-order valence-corrected chi connectivity index (χ2v) is 7.41. The van der Waals surface area contributed by atoms with Gasteiger partial charge in [0.05, 0.1) is 11.2 Å². The molecule has 4 heterocycles. The first-order valence-electron chi connectivity index (χ1n) is 8.44. The van der Waals surface area contributed by atoms with E-state index in [1.807, 2.05) is 0 Å². The number of anilines is 2. The predicted molar refractivity (Wildman–Crippen MR) is 99.4 cm³/mol. The summed E-state index contributed by atoms with van der Waals surface area (Å²) in [7, 11) is 0. The third-order valence-electron chi connectivity index (χ3n) is 4.86. The number of thiophene rings is 1. The molecular formula is C18H18N4OS. The van der Waals surface area contributed by atoms with Crippen molar-refractivity contribution < 1.29 is 4.79 Å². The fraction of sp³-hybridized carbons (Fsp3) is 0.333. The quantitative estimate of drug-likeness (QED) is 0.715. The molecule has 0 atom stereocenters. The number of pyridine rings is 1. The second-order valence-electron chi connectivity index (χ2n) is 6.36. The maximum Gasteiger partial charge on any atom is 0.263 e. The minimum atomic E-state index is 0.0194. The highest BCUT2D eigenvalue weighted by molar-refractivity contribution is 7.21. The monoisotopic (exact) mass is 338 g/mol. The van der Waals surface area contributed by atoms with Gasteiger partial charge in [-0.15, -0.1) is 11.3 Å². The Morgan fingerprint density at radius 3 is 2.75 bits per heavy atom. The SMILES string of the molecule is O=C1NCCNc2c1sc1ccc3nc(N4CCCC4)ccc3c21. The van der Waals surface area contributed by atoms with Crippen LogP contribution in [0.3, 0.4) is 0 Å². The van der Waals surface area contributed by atoms with E-state index < -0.39 is 0 Å². The maximum atomic E-state index is 12.3. The lowest BCUT2D eigenvalue weighted by molar-refractivity contribution is 0.0962.